The van der Waals surface area contributed by atoms with Gasteiger partial charge in [-0.05, 0) is 31.4 Å². The molecule has 1 aliphatic heterocycles. The lowest BCUT2D eigenvalue weighted by atomic mass is 9.77. The van der Waals surface area contributed by atoms with Crippen molar-refractivity contribution in [2.24, 2.45) is 11.3 Å². The van der Waals surface area contributed by atoms with Crippen LogP contribution in [0.1, 0.15) is 44.5 Å². The lowest BCUT2D eigenvalue weighted by Gasteiger charge is -2.32. The summed E-state index contributed by atoms with van der Waals surface area (Å²) in [6.07, 6.45) is 0.0736. The van der Waals surface area contributed by atoms with Gasteiger partial charge in [-0.2, -0.15) is 0 Å². The van der Waals surface area contributed by atoms with E-state index in [9.17, 15) is 9.59 Å². The Bertz CT molecular complexity index is 556. The predicted octanol–water partition coefficient (Wildman–Crippen LogP) is 3.18. The summed E-state index contributed by atoms with van der Waals surface area (Å²) in [4.78, 5) is 23.5. The van der Waals surface area contributed by atoms with Crippen LogP contribution in [-0.2, 0) is 19.0 Å². The van der Waals surface area contributed by atoms with Crippen LogP contribution in [0.25, 0.3) is 0 Å². The lowest BCUT2D eigenvalue weighted by Crippen LogP contribution is -2.40. The van der Waals surface area contributed by atoms with Crippen LogP contribution < -0.4 is 0 Å². The van der Waals surface area contributed by atoms with Crippen LogP contribution in [0, 0.1) is 11.3 Å². The van der Waals surface area contributed by atoms with E-state index in [0.717, 1.165) is 6.42 Å². The van der Waals surface area contributed by atoms with E-state index >= 15 is 0 Å². The molecule has 1 aromatic carbocycles. The highest BCUT2D eigenvalue weighted by atomic mass is 16.7. The number of benzene rings is 1. The van der Waals surface area contributed by atoms with Gasteiger partial charge in [0.05, 0.1) is 17.1 Å². The molecule has 1 unspecified atom stereocenters. The summed E-state index contributed by atoms with van der Waals surface area (Å²) < 4.78 is 16.6. The molecule has 0 N–H and O–H groups in total. The molecule has 1 aromatic rings. The number of hydrogen-bond acceptors (Lipinski definition) is 5. The molecule has 1 heterocycles. The molecular formula is C18H24O5. The Morgan fingerprint density at radius 2 is 1.91 bits per heavy atom. The van der Waals surface area contributed by atoms with Crippen molar-refractivity contribution in [1.29, 1.82) is 0 Å². The molecule has 1 saturated heterocycles. The Hall–Kier alpha value is -1.88. The zero-order valence-corrected chi connectivity index (χ0v) is 14.1. The van der Waals surface area contributed by atoms with Gasteiger partial charge >= 0.3 is 11.9 Å². The molecule has 0 bridgehead atoms. The molecular weight excluding hydrogens is 296 g/mol. The van der Waals surface area contributed by atoms with E-state index in [0.29, 0.717) is 5.56 Å². The van der Waals surface area contributed by atoms with Gasteiger partial charge in [-0.3, -0.25) is 4.79 Å². The Morgan fingerprint density at radius 1 is 1.26 bits per heavy atom. The van der Waals surface area contributed by atoms with Crippen molar-refractivity contribution in [3.63, 3.8) is 0 Å². The first-order valence-corrected chi connectivity index (χ1v) is 7.93. The molecule has 0 spiro atoms. The van der Waals surface area contributed by atoms with Gasteiger partial charge in [0.15, 0.2) is 0 Å². The highest BCUT2D eigenvalue weighted by Crippen LogP contribution is 2.45. The number of carbonyl (C=O) groups excluding carboxylic acids is 2. The van der Waals surface area contributed by atoms with E-state index < -0.39 is 17.7 Å². The van der Waals surface area contributed by atoms with Gasteiger partial charge in [0, 0.05) is 6.92 Å². The van der Waals surface area contributed by atoms with Crippen molar-refractivity contribution in [3.8, 4) is 0 Å². The van der Waals surface area contributed by atoms with Crippen molar-refractivity contribution >= 4 is 11.9 Å². The maximum atomic E-state index is 12.2. The Kier molecular flexibility index (Phi) is 5.42. The number of carbonyl (C=O) groups is 2. The van der Waals surface area contributed by atoms with Crippen LogP contribution in [0.5, 0.6) is 0 Å². The van der Waals surface area contributed by atoms with Crippen LogP contribution in [-0.4, -0.2) is 30.9 Å². The second-order valence-electron chi connectivity index (χ2n) is 6.26. The molecule has 1 aliphatic rings. The Morgan fingerprint density at radius 3 is 2.48 bits per heavy atom. The molecule has 5 nitrogen and oxygen atoms in total. The molecule has 0 amide bonds. The average molecular weight is 320 g/mol. The predicted molar refractivity (Wildman–Crippen MR) is 84.7 cm³/mol. The number of hydrogen-bond donors (Lipinski definition) is 0. The summed E-state index contributed by atoms with van der Waals surface area (Å²) in [6.45, 7) is 7.47. The fraction of sp³-hybridized carbons (Fsp3) is 0.556. The Labute approximate surface area is 136 Å². The topological polar surface area (TPSA) is 61.8 Å². The lowest BCUT2D eigenvalue weighted by molar-refractivity contribution is -0.192. The highest BCUT2D eigenvalue weighted by Gasteiger charge is 2.53. The highest BCUT2D eigenvalue weighted by molar-refractivity contribution is 5.89. The summed E-state index contributed by atoms with van der Waals surface area (Å²) in [5.41, 5.74) is -0.0738. The second-order valence-corrected chi connectivity index (χ2v) is 6.26. The summed E-state index contributed by atoms with van der Waals surface area (Å²) >= 11 is 0. The third-order valence-electron chi connectivity index (χ3n) is 4.63. The summed E-state index contributed by atoms with van der Waals surface area (Å²) in [6, 6.07) is 8.83. The summed E-state index contributed by atoms with van der Waals surface area (Å²) in [5, 5.41) is 0. The fourth-order valence-electron chi connectivity index (χ4n) is 2.91. The molecule has 23 heavy (non-hydrogen) atoms. The first-order valence-electron chi connectivity index (χ1n) is 7.93. The van der Waals surface area contributed by atoms with E-state index in [1.807, 2.05) is 26.8 Å². The first kappa shape index (κ1) is 17.5. The van der Waals surface area contributed by atoms with Crippen LogP contribution in [0.15, 0.2) is 30.3 Å². The van der Waals surface area contributed by atoms with Crippen molar-refractivity contribution in [2.45, 2.75) is 46.5 Å². The largest absolute Gasteiger partial charge is 0.461 e. The average Bonchev–Trinajstić information content (AvgIpc) is 2.78. The zero-order valence-electron chi connectivity index (χ0n) is 14.1. The van der Waals surface area contributed by atoms with Crippen molar-refractivity contribution < 1.29 is 23.8 Å². The maximum absolute atomic E-state index is 12.2. The van der Waals surface area contributed by atoms with Crippen LogP contribution >= 0.6 is 0 Å². The number of ether oxygens (including phenoxy) is 3. The molecule has 4 atom stereocenters. The minimum absolute atomic E-state index is 0.0280. The summed E-state index contributed by atoms with van der Waals surface area (Å²) in [7, 11) is 0. The van der Waals surface area contributed by atoms with E-state index in [-0.39, 0.29) is 24.6 Å². The van der Waals surface area contributed by atoms with Crippen LogP contribution in [0.2, 0.25) is 0 Å². The third-order valence-corrected chi connectivity index (χ3v) is 4.63. The van der Waals surface area contributed by atoms with Crippen LogP contribution in [0.3, 0.4) is 0 Å². The van der Waals surface area contributed by atoms with Gasteiger partial charge in [0.2, 0.25) is 6.29 Å². The molecule has 0 aliphatic carbocycles. The standard InChI is InChI=1S/C18H24O5/c1-5-15-12(2)18(4,17(23-15)22-13(3)19)11-21-16(20)14-9-7-6-8-10-14/h6-10,12,15,17H,5,11H2,1-4H3/t12-,15-,17?,18-/m1/s1. The number of esters is 2. The minimum Gasteiger partial charge on any atom is -0.461 e. The van der Waals surface area contributed by atoms with E-state index in [1.54, 1.807) is 24.3 Å². The quantitative estimate of drug-likeness (QED) is 0.780. The van der Waals surface area contributed by atoms with Gasteiger partial charge in [0.25, 0.3) is 0 Å². The monoisotopic (exact) mass is 320 g/mol. The van der Waals surface area contributed by atoms with Gasteiger partial charge < -0.3 is 14.2 Å². The minimum atomic E-state index is -0.705. The molecule has 2 rings (SSSR count). The molecule has 5 heteroatoms. The summed E-state index contributed by atoms with van der Waals surface area (Å²) in [5.74, 6) is -0.694. The molecule has 0 radical (unpaired) electrons. The van der Waals surface area contributed by atoms with Crippen molar-refractivity contribution in [1.82, 2.24) is 0 Å². The number of rotatable bonds is 5. The van der Waals surface area contributed by atoms with Gasteiger partial charge in [0.1, 0.15) is 6.61 Å². The zero-order chi connectivity index (χ0) is 17.0. The maximum Gasteiger partial charge on any atom is 0.338 e. The molecule has 0 saturated carbocycles. The van der Waals surface area contributed by atoms with Crippen molar-refractivity contribution in [2.75, 3.05) is 6.61 Å². The van der Waals surface area contributed by atoms with Crippen LogP contribution in [0.4, 0.5) is 0 Å². The van der Waals surface area contributed by atoms with Gasteiger partial charge in [-0.1, -0.05) is 32.0 Å². The van der Waals surface area contributed by atoms with E-state index in [1.165, 1.54) is 6.92 Å². The van der Waals surface area contributed by atoms with E-state index in [2.05, 4.69) is 0 Å². The third kappa shape index (κ3) is 3.72. The van der Waals surface area contributed by atoms with Gasteiger partial charge in [-0.15, -0.1) is 0 Å². The fourth-order valence-corrected chi connectivity index (χ4v) is 2.91. The van der Waals surface area contributed by atoms with Gasteiger partial charge in [-0.25, -0.2) is 4.79 Å². The molecule has 1 fully saturated rings. The second kappa shape index (κ2) is 7.13. The van der Waals surface area contributed by atoms with E-state index in [4.69, 9.17) is 14.2 Å². The normalized spacial score (nSPS) is 30.0. The molecule has 126 valence electrons. The smallest absolute Gasteiger partial charge is 0.338 e. The van der Waals surface area contributed by atoms with Crippen molar-refractivity contribution in [3.05, 3.63) is 35.9 Å². The SMILES string of the molecule is CC[C@H]1OC(OC(C)=O)[C@](C)(COC(=O)c2ccccc2)[C@@H]1C. The first-order chi connectivity index (χ1) is 10.9. The Balaban J connectivity index is 2.10. The molecule has 0 aromatic heterocycles.